The lowest BCUT2D eigenvalue weighted by Gasteiger charge is -2.10. The van der Waals surface area contributed by atoms with E-state index in [1.165, 1.54) is 26.0 Å². The second-order valence-corrected chi connectivity index (χ2v) is 10.3. The van der Waals surface area contributed by atoms with Crippen molar-refractivity contribution in [2.45, 2.75) is 24.0 Å². The van der Waals surface area contributed by atoms with Crippen LogP contribution in [0.15, 0.2) is 27.6 Å². The van der Waals surface area contributed by atoms with Crippen LogP contribution in [0.1, 0.15) is 24.2 Å². The van der Waals surface area contributed by atoms with E-state index in [2.05, 4.69) is 15.9 Å². The maximum absolute atomic E-state index is 12.2. The average molecular weight is 399 g/mol. The van der Waals surface area contributed by atoms with Crippen LogP contribution >= 0.6 is 15.9 Å². The Kier molecular flexibility index (Phi) is 5.57. The summed E-state index contributed by atoms with van der Waals surface area (Å²) >= 11 is 3.04. The van der Waals surface area contributed by atoms with Gasteiger partial charge >= 0.3 is 5.97 Å². The normalized spacial score (nSPS) is 12.6. The molecule has 1 rings (SSSR count). The molecule has 0 fully saturated rings. The molecule has 0 amide bonds. The first-order valence-corrected chi connectivity index (χ1v) is 10.1. The molecule has 0 unspecified atom stereocenters. The minimum Gasteiger partial charge on any atom is -0.478 e. The zero-order chi connectivity index (χ0) is 16.4. The van der Waals surface area contributed by atoms with E-state index in [1.807, 2.05) is 0 Å². The maximum atomic E-state index is 12.2. The Morgan fingerprint density at radius 3 is 2.24 bits per heavy atom. The topological polar surface area (TPSA) is 106 Å². The molecule has 0 spiro atoms. The van der Waals surface area contributed by atoms with E-state index < -0.39 is 42.4 Å². The van der Waals surface area contributed by atoms with Gasteiger partial charge in [0.2, 0.25) is 0 Å². The Morgan fingerprint density at radius 2 is 1.76 bits per heavy atom. The fourth-order valence-electron chi connectivity index (χ4n) is 1.45. The van der Waals surface area contributed by atoms with Crippen molar-refractivity contribution in [1.82, 2.24) is 0 Å². The third-order valence-electron chi connectivity index (χ3n) is 2.87. The van der Waals surface area contributed by atoms with Gasteiger partial charge in [-0.05, 0) is 48.0 Å². The standard InChI is InChI=1S/C12H15BrO6S2/c1-8(2)20(16,17)5-6-21(18,19)11-7-9(12(14)15)3-4-10(11)13/h3-4,7-8H,5-6H2,1-2H3,(H,14,15). The maximum Gasteiger partial charge on any atom is 0.335 e. The van der Waals surface area contributed by atoms with Crippen LogP contribution in [-0.4, -0.2) is 44.7 Å². The van der Waals surface area contributed by atoms with Crippen molar-refractivity contribution in [2.75, 3.05) is 11.5 Å². The first-order chi connectivity index (χ1) is 9.47. The molecule has 0 radical (unpaired) electrons. The predicted octanol–water partition coefficient (Wildman–Crippen LogP) is 1.74. The summed E-state index contributed by atoms with van der Waals surface area (Å²) in [6, 6.07) is 3.59. The van der Waals surface area contributed by atoms with E-state index in [0.717, 1.165) is 6.07 Å². The lowest BCUT2D eigenvalue weighted by atomic mass is 10.2. The van der Waals surface area contributed by atoms with E-state index in [4.69, 9.17) is 5.11 Å². The van der Waals surface area contributed by atoms with Gasteiger partial charge < -0.3 is 5.11 Å². The molecule has 0 saturated heterocycles. The number of hydrogen-bond donors (Lipinski definition) is 1. The van der Waals surface area contributed by atoms with E-state index in [-0.39, 0.29) is 14.9 Å². The molecule has 0 saturated carbocycles. The van der Waals surface area contributed by atoms with Crippen LogP contribution in [0, 0.1) is 0 Å². The van der Waals surface area contributed by atoms with Crippen molar-refractivity contribution < 1.29 is 26.7 Å². The van der Waals surface area contributed by atoms with Gasteiger partial charge in [-0.15, -0.1) is 0 Å². The van der Waals surface area contributed by atoms with Crippen LogP contribution in [0.3, 0.4) is 0 Å². The molecular weight excluding hydrogens is 384 g/mol. The third-order valence-corrected chi connectivity index (χ3v) is 8.04. The Hall–Kier alpha value is -0.930. The summed E-state index contributed by atoms with van der Waals surface area (Å²) in [6.07, 6.45) is 0. The van der Waals surface area contributed by atoms with Crippen molar-refractivity contribution >= 4 is 41.6 Å². The first kappa shape index (κ1) is 18.1. The molecule has 0 aromatic heterocycles. The molecule has 0 bridgehead atoms. The molecule has 1 aromatic carbocycles. The molecule has 1 N–H and O–H groups in total. The first-order valence-electron chi connectivity index (χ1n) is 5.94. The smallest absolute Gasteiger partial charge is 0.335 e. The van der Waals surface area contributed by atoms with Gasteiger partial charge in [-0.1, -0.05) is 0 Å². The van der Waals surface area contributed by atoms with Gasteiger partial charge in [0.05, 0.1) is 27.2 Å². The number of carbonyl (C=O) groups is 1. The van der Waals surface area contributed by atoms with Crippen LogP contribution in [-0.2, 0) is 19.7 Å². The number of hydrogen-bond acceptors (Lipinski definition) is 5. The highest BCUT2D eigenvalue weighted by atomic mass is 79.9. The lowest BCUT2D eigenvalue weighted by Crippen LogP contribution is -2.24. The third kappa shape index (κ3) is 4.52. The van der Waals surface area contributed by atoms with Crippen molar-refractivity contribution in [3.05, 3.63) is 28.2 Å². The zero-order valence-corrected chi connectivity index (χ0v) is 14.6. The summed E-state index contributed by atoms with van der Waals surface area (Å²) in [5.41, 5.74) is -0.177. The van der Waals surface area contributed by atoms with Crippen molar-refractivity contribution in [2.24, 2.45) is 0 Å². The summed E-state index contributed by atoms with van der Waals surface area (Å²) < 4.78 is 48.0. The lowest BCUT2D eigenvalue weighted by molar-refractivity contribution is 0.0696. The highest BCUT2D eigenvalue weighted by Crippen LogP contribution is 2.24. The fraction of sp³-hybridized carbons (Fsp3) is 0.417. The van der Waals surface area contributed by atoms with E-state index >= 15 is 0 Å². The summed E-state index contributed by atoms with van der Waals surface area (Å²) in [7, 11) is -7.39. The minimum atomic E-state index is -3.90. The van der Waals surface area contributed by atoms with Crippen LogP contribution < -0.4 is 0 Å². The highest BCUT2D eigenvalue weighted by Gasteiger charge is 2.24. The molecule has 118 valence electrons. The Bertz CT molecular complexity index is 750. The van der Waals surface area contributed by atoms with E-state index in [0.29, 0.717) is 0 Å². The van der Waals surface area contributed by atoms with Crippen molar-refractivity contribution in [1.29, 1.82) is 0 Å². The molecule has 0 atom stereocenters. The second-order valence-electron chi connectivity index (χ2n) is 4.68. The summed E-state index contributed by atoms with van der Waals surface area (Å²) in [6.45, 7) is 2.95. The van der Waals surface area contributed by atoms with Gasteiger partial charge in [-0.2, -0.15) is 0 Å². The molecule has 6 nitrogen and oxygen atoms in total. The summed E-state index contributed by atoms with van der Waals surface area (Å²) in [4.78, 5) is 10.7. The van der Waals surface area contributed by atoms with Crippen molar-refractivity contribution in [3.8, 4) is 0 Å². The monoisotopic (exact) mass is 398 g/mol. The highest BCUT2D eigenvalue weighted by molar-refractivity contribution is 9.10. The Morgan fingerprint density at radius 1 is 1.19 bits per heavy atom. The summed E-state index contributed by atoms with van der Waals surface area (Å²) in [5.74, 6) is -2.35. The summed E-state index contributed by atoms with van der Waals surface area (Å²) in [5, 5.41) is 8.23. The Balaban J connectivity index is 3.15. The van der Waals surface area contributed by atoms with Crippen molar-refractivity contribution in [3.63, 3.8) is 0 Å². The van der Waals surface area contributed by atoms with Crippen LogP contribution in [0.2, 0.25) is 0 Å². The molecule has 0 aliphatic rings. The molecule has 0 heterocycles. The second kappa shape index (κ2) is 6.45. The number of rotatable bonds is 6. The minimum absolute atomic E-state index is 0.177. The number of aromatic carboxylic acids is 1. The van der Waals surface area contributed by atoms with Gasteiger partial charge in [0.15, 0.2) is 19.7 Å². The van der Waals surface area contributed by atoms with E-state index in [1.54, 1.807) is 0 Å². The van der Waals surface area contributed by atoms with Gasteiger partial charge in [0.25, 0.3) is 0 Å². The largest absolute Gasteiger partial charge is 0.478 e. The molecule has 9 heteroatoms. The van der Waals surface area contributed by atoms with Gasteiger partial charge in [-0.25, -0.2) is 21.6 Å². The predicted molar refractivity (Wildman–Crippen MR) is 82.1 cm³/mol. The molecule has 1 aromatic rings. The van der Waals surface area contributed by atoms with Crippen LogP contribution in [0.4, 0.5) is 0 Å². The molecular formula is C12H15BrO6S2. The zero-order valence-electron chi connectivity index (χ0n) is 11.4. The number of carboxylic acid groups (broad SMARTS) is 1. The van der Waals surface area contributed by atoms with Crippen LogP contribution in [0.5, 0.6) is 0 Å². The van der Waals surface area contributed by atoms with Gasteiger partial charge in [-0.3, -0.25) is 0 Å². The Labute approximate surface area is 132 Å². The number of carboxylic acids is 1. The molecule has 21 heavy (non-hydrogen) atoms. The average Bonchev–Trinajstić information content (AvgIpc) is 2.36. The fourth-order valence-corrected chi connectivity index (χ4v) is 5.60. The number of benzene rings is 1. The molecule has 0 aliphatic heterocycles. The van der Waals surface area contributed by atoms with Crippen LogP contribution in [0.25, 0.3) is 0 Å². The van der Waals surface area contributed by atoms with E-state index in [9.17, 15) is 21.6 Å². The number of halogens is 1. The van der Waals surface area contributed by atoms with Gasteiger partial charge in [0.1, 0.15) is 0 Å². The van der Waals surface area contributed by atoms with Gasteiger partial charge in [0, 0.05) is 4.47 Å². The quantitative estimate of drug-likeness (QED) is 0.781. The molecule has 0 aliphatic carbocycles. The SMILES string of the molecule is CC(C)S(=O)(=O)CCS(=O)(=O)c1cc(C(=O)O)ccc1Br. The number of sulfone groups is 2.